The van der Waals surface area contributed by atoms with Gasteiger partial charge in [-0.05, 0) is 19.4 Å². The average Bonchev–Trinajstić information content (AvgIpc) is 2.18. The van der Waals surface area contributed by atoms with Gasteiger partial charge in [0.1, 0.15) is 0 Å². The average molecular weight is 205 g/mol. The molecule has 80 valence electrons. The molecule has 0 saturated carbocycles. The molecular weight excluding hydrogens is 190 g/mol. The van der Waals surface area contributed by atoms with E-state index in [9.17, 15) is 9.59 Å². The van der Waals surface area contributed by atoms with Crippen molar-refractivity contribution < 1.29 is 9.59 Å². The van der Waals surface area contributed by atoms with Gasteiger partial charge < -0.3 is 5.32 Å². The van der Waals surface area contributed by atoms with Gasteiger partial charge in [0, 0.05) is 6.92 Å². The zero-order chi connectivity index (χ0) is 11.4. The van der Waals surface area contributed by atoms with E-state index in [1.165, 1.54) is 12.5 Å². The number of carbonyl (C=O) groups excluding carboxylic acids is 2. The van der Waals surface area contributed by atoms with Crippen molar-refractivity contribution in [3.05, 3.63) is 35.4 Å². The Hall–Kier alpha value is -1.64. The summed E-state index contributed by atoms with van der Waals surface area (Å²) in [7, 11) is 0. The van der Waals surface area contributed by atoms with Gasteiger partial charge in [-0.15, -0.1) is 0 Å². The summed E-state index contributed by atoms with van der Waals surface area (Å²) in [6, 6.07) is 7.71. The number of amides is 1. The maximum absolute atomic E-state index is 11.1. The SMILES string of the molecule is CC(=O)C(=O)NC(C)c1ccc(C)cc1. The number of carbonyl (C=O) groups is 2. The molecule has 0 spiro atoms. The Balaban J connectivity index is 2.69. The number of ketones is 1. The second-order valence-corrected chi connectivity index (χ2v) is 3.66. The van der Waals surface area contributed by atoms with Crippen LogP contribution >= 0.6 is 0 Å². The monoisotopic (exact) mass is 205 g/mol. The van der Waals surface area contributed by atoms with E-state index >= 15 is 0 Å². The van der Waals surface area contributed by atoms with Crippen molar-refractivity contribution in [3.8, 4) is 0 Å². The minimum atomic E-state index is -0.539. The normalized spacial score (nSPS) is 11.9. The number of hydrogen-bond acceptors (Lipinski definition) is 2. The highest BCUT2D eigenvalue weighted by Crippen LogP contribution is 2.12. The van der Waals surface area contributed by atoms with E-state index < -0.39 is 11.7 Å². The molecule has 15 heavy (non-hydrogen) atoms. The lowest BCUT2D eigenvalue weighted by Gasteiger charge is -2.13. The lowest BCUT2D eigenvalue weighted by molar-refractivity contribution is -0.137. The zero-order valence-electron chi connectivity index (χ0n) is 9.20. The predicted octanol–water partition coefficient (Wildman–Crippen LogP) is 1.76. The van der Waals surface area contributed by atoms with Crippen molar-refractivity contribution in [2.75, 3.05) is 0 Å². The smallest absolute Gasteiger partial charge is 0.287 e. The summed E-state index contributed by atoms with van der Waals surface area (Å²) in [6.07, 6.45) is 0. The third-order valence-corrected chi connectivity index (χ3v) is 2.24. The van der Waals surface area contributed by atoms with E-state index in [-0.39, 0.29) is 6.04 Å². The lowest BCUT2D eigenvalue weighted by Crippen LogP contribution is -2.31. The molecule has 1 unspecified atom stereocenters. The Morgan fingerprint density at radius 1 is 1.20 bits per heavy atom. The molecule has 3 heteroatoms. The van der Waals surface area contributed by atoms with Crippen LogP contribution in [0.2, 0.25) is 0 Å². The zero-order valence-corrected chi connectivity index (χ0v) is 9.20. The molecule has 0 aliphatic carbocycles. The molecule has 0 radical (unpaired) electrons. The summed E-state index contributed by atoms with van der Waals surface area (Å²) >= 11 is 0. The summed E-state index contributed by atoms with van der Waals surface area (Å²) in [6.45, 7) is 5.12. The van der Waals surface area contributed by atoms with Crippen LogP contribution in [0.4, 0.5) is 0 Å². The van der Waals surface area contributed by atoms with Gasteiger partial charge in [0.15, 0.2) is 0 Å². The van der Waals surface area contributed by atoms with E-state index in [4.69, 9.17) is 0 Å². The molecular formula is C12H15NO2. The maximum atomic E-state index is 11.1. The van der Waals surface area contributed by atoms with Crippen LogP contribution < -0.4 is 5.32 Å². The molecule has 0 aromatic heterocycles. The Labute approximate surface area is 89.5 Å². The lowest BCUT2D eigenvalue weighted by atomic mass is 10.1. The number of Topliss-reactive ketones (excluding diaryl/α,β-unsaturated/α-hetero) is 1. The molecule has 0 heterocycles. The Bertz CT molecular complexity index is 368. The minimum Gasteiger partial charge on any atom is -0.343 e. The molecule has 1 aromatic rings. The molecule has 1 aromatic carbocycles. The number of rotatable bonds is 3. The van der Waals surface area contributed by atoms with Gasteiger partial charge in [-0.25, -0.2) is 0 Å². The van der Waals surface area contributed by atoms with Crippen LogP contribution in [-0.2, 0) is 9.59 Å². The summed E-state index contributed by atoms with van der Waals surface area (Å²) in [5.74, 6) is -1.00. The van der Waals surface area contributed by atoms with E-state index in [0.717, 1.165) is 5.56 Å². The Morgan fingerprint density at radius 2 is 1.73 bits per heavy atom. The van der Waals surface area contributed by atoms with Crippen LogP contribution in [0.3, 0.4) is 0 Å². The highest BCUT2D eigenvalue weighted by Gasteiger charge is 2.12. The predicted molar refractivity (Wildman–Crippen MR) is 58.4 cm³/mol. The van der Waals surface area contributed by atoms with E-state index in [2.05, 4.69) is 5.32 Å². The van der Waals surface area contributed by atoms with Crippen molar-refractivity contribution >= 4 is 11.7 Å². The maximum Gasteiger partial charge on any atom is 0.287 e. The Morgan fingerprint density at radius 3 is 2.20 bits per heavy atom. The minimum absolute atomic E-state index is 0.137. The van der Waals surface area contributed by atoms with Gasteiger partial charge in [0.25, 0.3) is 5.91 Å². The third-order valence-electron chi connectivity index (χ3n) is 2.24. The van der Waals surface area contributed by atoms with Crippen LogP contribution in [0, 0.1) is 6.92 Å². The number of nitrogens with one attached hydrogen (secondary N) is 1. The van der Waals surface area contributed by atoms with Gasteiger partial charge in [-0.1, -0.05) is 29.8 Å². The fourth-order valence-corrected chi connectivity index (χ4v) is 1.24. The number of aryl methyl sites for hydroxylation is 1. The molecule has 3 nitrogen and oxygen atoms in total. The molecule has 1 rings (SSSR count). The van der Waals surface area contributed by atoms with E-state index in [1.54, 1.807) is 0 Å². The molecule has 1 atom stereocenters. The first-order valence-corrected chi connectivity index (χ1v) is 4.88. The van der Waals surface area contributed by atoms with Crippen molar-refractivity contribution in [2.24, 2.45) is 0 Å². The summed E-state index contributed by atoms with van der Waals surface area (Å²) in [5, 5.41) is 2.63. The third kappa shape index (κ3) is 3.20. The second kappa shape index (κ2) is 4.73. The topological polar surface area (TPSA) is 46.2 Å². The molecule has 0 bridgehead atoms. The first-order chi connectivity index (χ1) is 7.00. The molecule has 0 aliphatic heterocycles. The molecule has 1 N–H and O–H groups in total. The molecule has 0 aliphatic rings. The highest BCUT2D eigenvalue weighted by atomic mass is 16.2. The van der Waals surface area contributed by atoms with E-state index in [1.807, 2.05) is 38.1 Å². The Kier molecular flexibility index (Phi) is 3.61. The van der Waals surface area contributed by atoms with Gasteiger partial charge in [0.2, 0.25) is 5.78 Å². The number of benzene rings is 1. The van der Waals surface area contributed by atoms with Gasteiger partial charge in [-0.3, -0.25) is 9.59 Å². The van der Waals surface area contributed by atoms with Crippen molar-refractivity contribution in [1.82, 2.24) is 5.32 Å². The first-order valence-electron chi connectivity index (χ1n) is 4.88. The van der Waals surface area contributed by atoms with Crippen molar-refractivity contribution in [1.29, 1.82) is 0 Å². The van der Waals surface area contributed by atoms with Crippen molar-refractivity contribution in [3.63, 3.8) is 0 Å². The van der Waals surface area contributed by atoms with Gasteiger partial charge in [-0.2, -0.15) is 0 Å². The molecule has 0 saturated heterocycles. The van der Waals surface area contributed by atoms with Crippen LogP contribution in [0.1, 0.15) is 31.0 Å². The first kappa shape index (κ1) is 11.4. The highest BCUT2D eigenvalue weighted by molar-refractivity contribution is 6.35. The van der Waals surface area contributed by atoms with Crippen molar-refractivity contribution in [2.45, 2.75) is 26.8 Å². The van der Waals surface area contributed by atoms with Crippen LogP contribution in [-0.4, -0.2) is 11.7 Å². The van der Waals surface area contributed by atoms with Gasteiger partial charge in [0.05, 0.1) is 6.04 Å². The van der Waals surface area contributed by atoms with E-state index in [0.29, 0.717) is 0 Å². The largest absolute Gasteiger partial charge is 0.343 e. The summed E-state index contributed by atoms with van der Waals surface area (Å²) in [4.78, 5) is 21.9. The van der Waals surface area contributed by atoms with Gasteiger partial charge >= 0.3 is 0 Å². The molecule has 1 amide bonds. The summed E-state index contributed by atoms with van der Waals surface area (Å²) < 4.78 is 0. The standard InChI is InChI=1S/C12H15NO2/c1-8-4-6-11(7-5-8)9(2)13-12(15)10(3)14/h4-7,9H,1-3H3,(H,13,15). The van der Waals surface area contributed by atoms with Crippen LogP contribution in [0.15, 0.2) is 24.3 Å². The molecule has 0 fully saturated rings. The summed E-state index contributed by atoms with van der Waals surface area (Å²) in [5.41, 5.74) is 2.17. The fourth-order valence-electron chi connectivity index (χ4n) is 1.24. The second-order valence-electron chi connectivity index (χ2n) is 3.66. The van der Waals surface area contributed by atoms with Crippen LogP contribution in [0.5, 0.6) is 0 Å². The number of hydrogen-bond donors (Lipinski definition) is 1. The fraction of sp³-hybridized carbons (Fsp3) is 0.333. The quantitative estimate of drug-likeness (QED) is 0.764. The van der Waals surface area contributed by atoms with Crippen LogP contribution in [0.25, 0.3) is 0 Å².